The summed E-state index contributed by atoms with van der Waals surface area (Å²) < 4.78 is 4.69. The van der Waals surface area contributed by atoms with Crippen molar-refractivity contribution < 1.29 is 19.4 Å². The molecular formula is C22H24N4O4. The largest absolute Gasteiger partial charge is 0.465 e. The van der Waals surface area contributed by atoms with Crippen LogP contribution in [0.3, 0.4) is 0 Å². The molecule has 3 N–H and O–H groups in total. The number of benzene rings is 1. The van der Waals surface area contributed by atoms with Gasteiger partial charge in [-0.1, -0.05) is 18.2 Å². The molecule has 3 heterocycles. The van der Waals surface area contributed by atoms with Crippen molar-refractivity contribution in [3.63, 3.8) is 0 Å². The highest BCUT2D eigenvalue weighted by Crippen LogP contribution is 2.20. The average molecular weight is 408 g/mol. The standard InChI is InChI=1S/C22H24N4O4/c1-30-22(29)14-6-7-20(24-10-14)26-12-16(9-17(27)13-26)25-21(28)8-15-11-23-19-5-3-2-4-18(15)19/h2-7,10-11,16-17,23,27H,8-9,12-13H2,1H3,(H,25,28)/t16-,17+/m0/s1. The Hall–Kier alpha value is -3.39. The van der Waals surface area contributed by atoms with E-state index in [0.717, 1.165) is 16.5 Å². The van der Waals surface area contributed by atoms with E-state index in [-0.39, 0.29) is 18.4 Å². The number of ether oxygens (including phenoxy) is 1. The van der Waals surface area contributed by atoms with Crippen LogP contribution in [0, 0.1) is 0 Å². The van der Waals surface area contributed by atoms with Crippen LogP contribution in [0.2, 0.25) is 0 Å². The van der Waals surface area contributed by atoms with Crippen LogP contribution in [0.1, 0.15) is 22.3 Å². The number of nitrogens with zero attached hydrogens (tertiary/aromatic N) is 2. The second-order valence-electron chi connectivity index (χ2n) is 7.49. The van der Waals surface area contributed by atoms with Crippen LogP contribution in [0.15, 0.2) is 48.8 Å². The van der Waals surface area contributed by atoms with Crippen LogP contribution < -0.4 is 10.2 Å². The average Bonchev–Trinajstić information content (AvgIpc) is 3.15. The van der Waals surface area contributed by atoms with Gasteiger partial charge in [-0.25, -0.2) is 9.78 Å². The number of piperidine rings is 1. The molecule has 0 spiro atoms. The van der Waals surface area contributed by atoms with Crippen molar-refractivity contribution in [2.45, 2.75) is 25.0 Å². The smallest absolute Gasteiger partial charge is 0.339 e. The monoisotopic (exact) mass is 408 g/mol. The van der Waals surface area contributed by atoms with Gasteiger partial charge in [-0.15, -0.1) is 0 Å². The van der Waals surface area contributed by atoms with Crippen LogP contribution in [0.25, 0.3) is 10.9 Å². The molecule has 0 unspecified atom stereocenters. The van der Waals surface area contributed by atoms with Gasteiger partial charge in [0, 0.05) is 42.4 Å². The zero-order valence-corrected chi connectivity index (χ0v) is 16.7. The van der Waals surface area contributed by atoms with Crippen LogP contribution in [-0.2, 0) is 16.0 Å². The number of carbonyl (C=O) groups excluding carboxylic acids is 2. The number of fused-ring (bicyclic) bond motifs is 1. The minimum atomic E-state index is -0.584. The predicted octanol–water partition coefficient (Wildman–Crippen LogP) is 1.65. The summed E-state index contributed by atoms with van der Waals surface area (Å²) in [5.74, 6) is 0.0974. The first-order chi connectivity index (χ1) is 14.5. The number of para-hydroxylation sites is 1. The van der Waals surface area contributed by atoms with E-state index >= 15 is 0 Å². The summed E-state index contributed by atoms with van der Waals surface area (Å²) >= 11 is 0. The number of esters is 1. The van der Waals surface area contributed by atoms with Crippen molar-refractivity contribution in [2.24, 2.45) is 0 Å². The Morgan fingerprint density at radius 2 is 2.10 bits per heavy atom. The summed E-state index contributed by atoms with van der Waals surface area (Å²) in [4.78, 5) is 33.6. The number of H-pyrrole nitrogens is 1. The first-order valence-corrected chi connectivity index (χ1v) is 9.85. The van der Waals surface area contributed by atoms with Crippen LogP contribution in [0.5, 0.6) is 0 Å². The Balaban J connectivity index is 1.40. The zero-order valence-electron chi connectivity index (χ0n) is 16.7. The zero-order chi connectivity index (χ0) is 21.1. The predicted molar refractivity (Wildman–Crippen MR) is 112 cm³/mol. The summed E-state index contributed by atoms with van der Waals surface area (Å²) in [6.45, 7) is 0.945. The quantitative estimate of drug-likeness (QED) is 0.554. The molecule has 1 saturated heterocycles. The van der Waals surface area contributed by atoms with Crippen molar-refractivity contribution >= 4 is 28.6 Å². The summed E-state index contributed by atoms with van der Waals surface area (Å²) in [5, 5.41) is 14.4. The number of hydrogen-bond donors (Lipinski definition) is 3. The highest BCUT2D eigenvalue weighted by molar-refractivity contribution is 5.89. The fraction of sp³-hybridized carbons (Fsp3) is 0.318. The topological polar surface area (TPSA) is 108 Å². The molecule has 2 atom stereocenters. The number of β-amino-alcohol motifs (C(OH)–C–C–N with tert-alkyl or cyclic N) is 1. The molecule has 3 aromatic rings. The molecule has 1 aliphatic rings. The van der Waals surface area contributed by atoms with Gasteiger partial charge in [0.2, 0.25) is 5.91 Å². The molecule has 2 aromatic heterocycles. The molecule has 30 heavy (non-hydrogen) atoms. The van der Waals surface area contributed by atoms with E-state index in [1.165, 1.54) is 13.3 Å². The van der Waals surface area contributed by atoms with Gasteiger partial charge >= 0.3 is 5.97 Å². The highest BCUT2D eigenvalue weighted by atomic mass is 16.5. The number of carbonyl (C=O) groups is 2. The molecule has 156 valence electrons. The first kappa shape index (κ1) is 19.9. The van der Waals surface area contributed by atoms with Crippen LogP contribution >= 0.6 is 0 Å². The summed E-state index contributed by atoms with van der Waals surface area (Å²) in [7, 11) is 1.32. The van der Waals surface area contributed by atoms with E-state index in [1.54, 1.807) is 12.1 Å². The van der Waals surface area contributed by atoms with E-state index in [2.05, 4.69) is 20.0 Å². The number of amides is 1. The Morgan fingerprint density at radius 1 is 1.27 bits per heavy atom. The van der Waals surface area contributed by atoms with Crippen molar-refractivity contribution in [3.05, 3.63) is 59.9 Å². The van der Waals surface area contributed by atoms with Gasteiger partial charge in [-0.3, -0.25) is 4.79 Å². The third kappa shape index (κ3) is 4.28. The summed E-state index contributed by atoms with van der Waals surface area (Å²) in [6.07, 6.45) is 3.48. The van der Waals surface area contributed by atoms with Crippen LogP contribution in [0.4, 0.5) is 5.82 Å². The molecular weight excluding hydrogens is 384 g/mol. The SMILES string of the molecule is COC(=O)c1ccc(N2C[C@H](O)C[C@H](NC(=O)Cc3c[nH]c4ccccc34)C2)nc1. The Bertz CT molecular complexity index is 1050. The lowest BCUT2D eigenvalue weighted by Crippen LogP contribution is -2.53. The summed E-state index contributed by atoms with van der Waals surface area (Å²) in [6, 6.07) is 11.0. The Kier molecular flexibility index (Phi) is 5.67. The van der Waals surface area contributed by atoms with Gasteiger partial charge in [0.25, 0.3) is 0 Å². The first-order valence-electron chi connectivity index (χ1n) is 9.85. The van der Waals surface area contributed by atoms with Crippen molar-refractivity contribution in [2.75, 3.05) is 25.1 Å². The van der Waals surface area contributed by atoms with Gasteiger partial charge < -0.3 is 25.0 Å². The van der Waals surface area contributed by atoms with Gasteiger partial charge in [-0.05, 0) is 30.2 Å². The van der Waals surface area contributed by atoms with Crippen molar-refractivity contribution in [3.8, 4) is 0 Å². The second-order valence-corrected chi connectivity index (χ2v) is 7.49. The molecule has 1 aliphatic heterocycles. The van der Waals surface area contributed by atoms with Gasteiger partial charge in [0.15, 0.2) is 0 Å². The molecule has 0 radical (unpaired) electrons. The number of aromatic amines is 1. The minimum Gasteiger partial charge on any atom is -0.465 e. The maximum Gasteiger partial charge on any atom is 0.339 e. The third-order valence-corrected chi connectivity index (χ3v) is 5.31. The maximum atomic E-state index is 12.6. The second kappa shape index (κ2) is 8.54. The number of hydrogen-bond acceptors (Lipinski definition) is 6. The molecule has 8 heteroatoms. The molecule has 0 saturated carbocycles. The Morgan fingerprint density at radius 3 is 2.87 bits per heavy atom. The molecule has 1 aromatic carbocycles. The van der Waals surface area contributed by atoms with Gasteiger partial charge in [0.1, 0.15) is 5.82 Å². The number of methoxy groups -OCH3 is 1. The molecule has 4 rings (SSSR count). The minimum absolute atomic E-state index is 0.0900. The Labute approximate surface area is 173 Å². The highest BCUT2D eigenvalue weighted by Gasteiger charge is 2.28. The van der Waals surface area contributed by atoms with Crippen molar-refractivity contribution in [1.29, 1.82) is 0 Å². The number of rotatable bonds is 5. The molecule has 0 aliphatic carbocycles. The normalized spacial score (nSPS) is 18.9. The third-order valence-electron chi connectivity index (χ3n) is 5.31. The molecule has 8 nitrogen and oxygen atoms in total. The van der Waals surface area contributed by atoms with Crippen molar-refractivity contribution in [1.82, 2.24) is 15.3 Å². The number of pyridine rings is 1. The van der Waals surface area contributed by atoms with E-state index in [9.17, 15) is 14.7 Å². The van der Waals surface area contributed by atoms with E-state index in [0.29, 0.717) is 30.9 Å². The lowest BCUT2D eigenvalue weighted by atomic mass is 10.0. The lowest BCUT2D eigenvalue weighted by molar-refractivity contribution is -0.121. The van der Waals surface area contributed by atoms with Gasteiger partial charge in [-0.2, -0.15) is 0 Å². The number of aliphatic hydroxyl groups excluding tert-OH is 1. The fourth-order valence-corrected chi connectivity index (χ4v) is 3.91. The lowest BCUT2D eigenvalue weighted by Gasteiger charge is -2.36. The van der Waals surface area contributed by atoms with Crippen LogP contribution in [-0.4, -0.2) is 59.3 Å². The van der Waals surface area contributed by atoms with Gasteiger partial charge in [0.05, 0.1) is 25.2 Å². The van der Waals surface area contributed by atoms with E-state index < -0.39 is 12.1 Å². The molecule has 1 fully saturated rings. The number of aromatic nitrogens is 2. The number of nitrogens with one attached hydrogen (secondary N) is 2. The molecule has 0 bridgehead atoms. The molecule has 1 amide bonds. The summed E-state index contributed by atoms with van der Waals surface area (Å²) in [5.41, 5.74) is 2.31. The van der Waals surface area contributed by atoms with E-state index in [1.807, 2.05) is 35.4 Å². The fourth-order valence-electron chi connectivity index (χ4n) is 3.91. The van der Waals surface area contributed by atoms with E-state index in [4.69, 9.17) is 0 Å². The number of aliphatic hydroxyl groups is 1. The maximum absolute atomic E-state index is 12.6. The number of anilines is 1.